The molecule has 1 heterocycles. The minimum absolute atomic E-state index is 0.155. The molecule has 0 spiro atoms. The van der Waals surface area contributed by atoms with Crippen LogP contribution in [0.5, 0.6) is 5.75 Å². The number of unbranched alkanes of at least 4 members (excludes halogenated alkanes) is 1. The number of nitro groups is 1. The number of hydrogen-bond acceptors (Lipinski definition) is 5. The van der Waals surface area contributed by atoms with E-state index in [4.69, 9.17) is 4.74 Å². The van der Waals surface area contributed by atoms with E-state index < -0.39 is 10.8 Å². The number of hydrogen-bond donors (Lipinski definition) is 1. The van der Waals surface area contributed by atoms with Gasteiger partial charge in [-0.3, -0.25) is 24.6 Å². The van der Waals surface area contributed by atoms with Crippen LogP contribution in [0.1, 0.15) is 39.5 Å². The van der Waals surface area contributed by atoms with E-state index in [1.54, 1.807) is 0 Å². The average molecular weight is 363 g/mol. The monoisotopic (exact) mass is 363 g/mol. The zero-order valence-electron chi connectivity index (χ0n) is 15.2. The van der Waals surface area contributed by atoms with Gasteiger partial charge in [-0.2, -0.15) is 0 Å². The van der Waals surface area contributed by atoms with Gasteiger partial charge in [-0.05, 0) is 18.4 Å². The fraction of sp³-hybridized carbons (Fsp3) is 0.556. The number of nitrogens with zero attached hydrogens (tertiary/aromatic N) is 2. The lowest BCUT2D eigenvalue weighted by Gasteiger charge is -2.28. The van der Waals surface area contributed by atoms with Crippen LogP contribution in [0, 0.1) is 16.0 Å². The molecular weight excluding hydrogens is 338 g/mol. The first-order valence-corrected chi connectivity index (χ1v) is 8.94. The zero-order chi connectivity index (χ0) is 19.1. The molecule has 0 saturated carbocycles. The molecule has 2 amide bonds. The van der Waals surface area contributed by atoms with Gasteiger partial charge in [0.25, 0.3) is 11.6 Å². The first-order chi connectivity index (χ1) is 12.5. The number of carbonyl (C=O) groups is 2. The van der Waals surface area contributed by atoms with Gasteiger partial charge < -0.3 is 10.1 Å². The molecule has 26 heavy (non-hydrogen) atoms. The number of anilines is 1. The second-order valence-corrected chi connectivity index (χ2v) is 6.40. The lowest BCUT2D eigenvalue weighted by atomic mass is 9.99. The van der Waals surface area contributed by atoms with Gasteiger partial charge in [0.05, 0.1) is 10.6 Å². The van der Waals surface area contributed by atoms with Crippen molar-refractivity contribution in [3.63, 3.8) is 0 Å². The van der Waals surface area contributed by atoms with Gasteiger partial charge in [0.15, 0.2) is 6.61 Å². The van der Waals surface area contributed by atoms with Crippen molar-refractivity contribution in [2.45, 2.75) is 39.5 Å². The summed E-state index contributed by atoms with van der Waals surface area (Å²) in [6.07, 6.45) is 4.26. The number of non-ortho nitro benzene ring substituents is 1. The van der Waals surface area contributed by atoms with Crippen molar-refractivity contribution in [1.82, 2.24) is 5.32 Å². The van der Waals surface area contributed by atoms with E-state index in [9.17, 15) is 19.7 Å². The number of nitro benzene ring substituents is 1. The Labute approximate surface area is 152 Å². The second kappa shape index (κ2) is 9.17. The molecule has 0 radical (unpaired) electrons. The van der Waals surface area contributed by atoms with Gasteiger partial charge in [0, 0.05) is 18.7 Å². The van der Waals surface area contributed by atoms with E-state index in [1.807, 2.05) is 0 Å². The van der Waals surface area contributed by atoms with Gasteiger partial charge in [-0.25, -0.2) is 0 Å². The molecule has 1 atom stereocenters. The van der Waals surface area contributed by atoms with Crippen LogP contribution in [0.2, 0.25) is 0 Å². The SMILES string of the molecule is CCCCC(CC)CNC(=O)CN1C(=O)COc2ccc([N+](=O)[O-])cc21. The summed E-state index contributed by atoms with van der Waals surface area (Å²) in [7, 11) is 0. The van der Waals surface area contributed by atoms with Crippen molar-refractivity contribution >= 4 is 23.2 Å². The molecule has 1 unspecified atom stereocenters. The number of carbonyl (C=O) groups excluding carboxylic acids is 2. The van der Waals surface area contributed by atoms with Crippen LogP contribution in [0.25, 0.3) is 0 Å². The lowest BCUT2D eigenvalue weighted by molar-refractivity contribution is -0.384. The highest BCUT2D eigenvalue weighted by Gasteiger charge is 2.29. The van der Waals surface area contributed by atoms with Crippen molar-refractivity contribution in [3.05, 3.63) is 28.3 Å². The van der Waals surface area contributed by atoms with Crippen molar-refractivity contribution in [1.29, 1.82) is 0 Å². The van der Waals surface area contributed by atoms with Crippen LogP contribution in [0.15, 0.2) is 18.2 Å². The van der Waals surface area contributed by atoms with Crippen molar-refractivity contribution in [2.75, 3.05) is 24.6 Å². The topological polar surface area (TPSA) is 102 Å². The van der Waals surface area contributed by atoms with Crippen molar-refractivity contribution in [2.24, 2.45) is 5.92 Å². The molecule has 1 aliphatic heterocycles. The number of ether oxygens (including phenoxy) is 1. The van der Waals surface area contributed by atoms with E-state index in [-0.39, 0.29) is 30.4 Å². The third kappa shape index (κ3) is 4.93. The Kier molecular flexibility index (Phi) is 6.94. The van der Waals surface area contributed by atoms with Crippen LogP contribution in [-0.2, 0) is 9.59 Å². The molecule has 0 bridgehead atoms. The van der Waals surface area contributed by atoms with E-state index in [0.717, 1.165) is 25.7 Å². The molecule has 1 N–H and O–H groups in total. The fourth-order valence-corrected chi connectivity index (χ4v) is 2.88. The second-order valence-electron chi connectivity index (χ2n) is 6.40. The highest BCUT2D eigenvalue weighted by molar-refractivity contribution is 6.02. The van der Waals surface area contributed by atoms with Gasteiger partial charge in [0.1, 0.15) is 12.3 Å². The highest BCUT2D eigenvalue weighted by Crippen LogP contribution is 2.35. The molecule has 0 fully saturated rings. The minimum atomic E-state index is -0.544. The Morgan fingerprint density at radius 3 is 2.85 bits per heavy atom. The molecule has 0 saturated heterocycles. The van der Waals surface area contributed by atoms with Gasteiger partial charge in [0.2, 0.25) is 5.91 Å². The predicted molar refractivity (Wildman–Crippen MR) is 97.3 cm³/mol. The molecular formula is C18H25N3O5. The molecule has 8 nitrogen and oxygen atoms in total. The van der Waals surface area contributed by atoms with Gasteiger partial charge >= 0.3 is 0 Å². The first kappa shape index (κ1) is 19.7. The van der Waals surface area contributed by atoms with E-state index >= 15 is 0 Å². The summed E-state index contributed by atoms with van der Waals surface area (Å²) in [5.74, 6) is 0.0869. The van der Waals surface area contributed by atoms with E-state index in [0.29, 0.717) is 18.2 Å². The van der Waals surface area contributed by atoms with Crippen LogP contribution in [0.4, 0.5) is 11.4 Å². The predicted octanol–water partition coefficient (Wildman–Crippen LogP) is 2.65. The molecule has 0 aliphatic carbocycles. The zero-order valence-corrected chi connectivity index (χ0v) is 15.2. The van der Waals surface area contributed by atoms with Crippen molar-refractivity contribution < 1.29 is 19.2 Å². The van der Waals surface area contributed by atoms with Crippen LogP contribution in [-0.4, -0.2) is 36.4 Å². The van der Waals surface area contributed by atoms with Gasteiger partial charge in [-0.15, -0.1) is 0 Å². The maximum absolute atomic E-state index is 12.3. The number of fused-ring (bicyclic) bond motifs is 1. The maximum Gasteiger partial charge on any atom is 0.271 e. The summed E-state index contributed by atoms with van der Waals surface area (Å²) >= 11 is 0. The Bertz CT molecular complexity index is 677. The van der Waals surface area contributed by atoms with Crippen LogP contribution >= 0.6 is 0 Å². The quantitative estimate of drug-likeness (QED) is 0.537. The molecule has 142 valence electrons. The van der Waals surface area contributed by atoms with E-state index in [1.165, 1.54) is 23.1 Å². The van der Waals surface area contributed by atoms with Gasteiger partial charge in [-0.1, -0.05) is 33.1 Å². The normalized spacial score (nSPS) is 14.4. The average Bonchev–Trinajstić information content (AvgIpc) is 2.63. The Morgan fingerprint density at radius 1 is 1.42 bits per heavy atom. The third-order valence-electron chi connectivity index (χ3n) is 4.53. The van der Waals surface area contributed by atoms with E-state index in [2.05, 4.69) is 19.2 Å². The largest absolute Gasteiger partial charge is 0.482 e. The lowest BCUT2D eigenvalue weighted by Crippen LogP contribution is -2.45. The summed E-state index contributed by atoms with van der Waals surface area (Å²) < 4.78 is 5.30. The Balaban J connectivity index is 2.04. The standard InChI is InChI=1S/C18H25N3O5/c1-3-5-6-13(4-2)10-19-17(22)11-20-15-9-14(21(24)25)7-8-16(15)26-12-18(20)23/h7-9,13H,3-6,10-12H2,1-2H3,(H,19,22). The minimum Gasteiger partial charge on any atom is -0.482 e. The molecule has 1 aromatic rings. The summed E-state index contributed by atoms with van der Waals surface area (Å²) in [6.45, 7) is 4.42. The summed E-state index contributed by atoms with van der Waals surface area (Å²) in [6, 6.07) is 4.02. The van der Waals surface area contributed by atoms with Crippen LogP contribution < -0.4 is 15.0 Å². The number of benzene rings is 1. The number of rotatable bonds is 9. The molecule has 1 aromatic carbocycles. The molecule has 2 rings (SSSR count). The summed E-state index contributed by atoms with van der Waals surface area (Å²) in [4.78, 5) is 36.1. The fourth-order valence-electron chi connectivity index (χ4n) is 2.88. The highest BCUT2D eigenvalue weighted by atomic mass is 16.6. The summed E-state index contributed by atoms with van der Waals surface area (Å²) in [5.41, 5.74) is 0.0988. The smallest absolute Gasteiger partial charge is 0.271 e. The van der Waals surface area contributed by atoms with Crippen molar-refractivity contribution in [3.8, 4) is 5.75 Å². The summed E-state index contributed by atoms with van der Waals surface area (Å²) in [5, 5.41) is 13.8. The molecule has 1 aliphatic rings. The number of amides is 2. The first-order valence-electron chi connectivity index (χ1n) is 8.94. The number of nitrogens with one attached hydrogen (secondary N) is 1. The molecule has 0 aromatic heterocycles. The third-order valence-corrected chi connectivity index (χ3v) is 4.53. The Morgan fingerprint density at radius 2 is 2.19 bits per heavy atom. The Hall–Kier alpha value is -2.64. The maximum atomic E-state index is 12.3. The molecule has 8 heteroatoms. The van der Waals surface area contributed by atoms with Crippen LogP contribution in [0.3, 0.4) is 0 Å².